The van der Waals surface area contributed by atoms with E-state index < -0.39 is 17.9 Å². The van der Waals surface area contributed by atoms with Crippen molar-refractivity contribution in [1.29, 1.82) is 0 Å². The third-order valence-corrected chi connectivity index (χ3v) is 1.18. The Morgan fingerprint density at radius 3 is 2.00 bits per heavy atom. The molecule has 0 heterocycles. The normalized spacial score (nSPS) is 10.1. The zero-order valence-corrected chi connectivity index (χ0v) is 20.5. The van der Waals surface area contributed by atoms with Gasteiger partial charge in [0.1, 0.15) is 0 Å². The van der Waals surface area contributed by atoms with Gasteiger partial charge in [0, 0.05) is 0 Å². The fraction of sp³-hybridized carbons (Fsp3) is 0.429. The standard InChI is InChI=1S/C7H10O4.2Rf/c1-5(7(9)11-3)4-6(8)10-2;;/h5H,2-4H2,1H3;;/q-2;;. The van der Waals surface area contributed by atoms with Crippen molar-refractivity contribution in [1.82, 2.24) is 0 Å². The number of esters is 2. The molecule has 0 aliphatic rings. The van der Waals surface area contributed by atoms with Gasteiger partial charge in [-0.05, 0) is 0 Å². The molecule has 4 nitrogen and oxygen atoms in total. The Morgan fingerprint density at radius 2 is 1.69 bits per heavy atom. The summed E-state index contributed by atoms with van der Waals surface area (Å²) in [5.41, 5.74) is 0. The van der Waals surface area contributed by atoms with Gasteiger partial charge in [-0.2, -0.15) is 14.2 Å². The van der Waals surface area contributed by atoms with E-state index in [-0.39, 0.29) is 6.42 Å². The van der Waals surface area contributed by atoms with E-state index >= 15 is 0 Å². The van der Waals surface area contributed by atoms with Crippen LogP contribution in [0.4, 0.5) is 0 Å². The molecule has 0 saturated carbocycles. The van der Waals surface area contributed by atoms with Crippen LogP contribution in [-0.4, -0.2) is 11.9 Å². The third-order valence-electron chi connectivity index (χ3n) is 1.18. The van der Waals surface area contributed by atoms with Crippen molar-refractivity contribution in [3.05, 3.63) is 14.2 Å². The Labute approximate surface area is 65.5 Å². The van der Waals surface area contributed by atoms with Crippen LogP contribution in [0.5, 0.6) is 0 Å². The molecule has 0 bridgehead atoms. The van der Waals surface area contributed by atoms with Crippen LogP contribution >= 0.6 is 0 Å². The number of hydrogen-bond acceptors (Lipinski definition) is 4. The molecule has 68 valence electrons. The van der Waals surface area contributed by atoms with Crippen molar-refractivity contribution >= 4 is 11.9 Å². The van der Waals surface area contributed by atoms with Crippen LogP contribution in [0.25, 0.3) is 0 Å². The first-order valence-corrected chi connectivity index (χ1v) is 3.02. The predicted octanol–water partition coefficient (Wildman–Crippen LogP) is 0.682. The topological polar surface area (TPSA) is 52.6 Å². The largest absolute Gasteiger partial charge is 0.640 e. The fourth-order valence-electron chi connectivity index (χ4n) is 0.535. The second-order valence-electron chi connectivity index (χ2n) is 2.08. The summed E-state index contributed by atoms with van der Waals surface area (Å²) < 4.78 is 8.24. The maximum Gasteiger partial charge on any atom is 0.277 e. The first-order valence-electron chi connectivity index (χ1n) is 3.02. The van der Waals surface area contributed by atoms with Gasteiger partial charge in [-0.15, -0.1) is 0 Å². The van der Waals surface area contributed by atoms with Crippen LogP contribution in [0, 0.1) is 20.1 Å². The molecule has 0 saturated heterocycles. The SMILES string of the molecule is [CH2-]OC(=O)CC(C)C(=O)O[CH2-].[Rf].[Rf]. The summed E-state index contributed by atoms with van der Waals surface area (Å²) in [5, 5.41) is 0. The minimum atomic E-state index is -0.539. The molecule has 0 aromatic rings. The van der Waals surface area contributed by atoms with E-state index in [1.54, 1.807) is 6.92 Å². The van der Waals surface area contributed by atoms with Crippen molar-refractivity contribution in [2.45, 2.75) is 13.3 Å². The monoisotopic (exact) mass is 692 g/mol. The van der Waals surface area contributed by atoms with Gasteiger partial charge in [0.2, 0.25) is 0 Å². The summed E-state index contributed by atoms with van der Waals surface area (Å²) in [6.07, 6.45) is -0.0299. The summed E-state index contributed by atoms with van der Waals surface area (Å²) in [7, 11) is 5.83. The average Bonchev–Trinajstić information content (AvgIpc) is 2.02. The third kappa shape index (κ3) is 5.39. The summed E-state index contributed by atoms with van der Waals surface area (Å²) in [5.74, 6) is -1.60. The van der Waals surface area contributed by atoms with Crippen LogP contribution in [0.3, 0.4) is 0 Å². The first-order chi connectivity index (χ1) is 5.11. The van der Waals surface area contributed by atoms with Crippen molar-refractivity contribution in [3.8, 4) is 0 Å². The van der Waals surface area contributed by atoms with Crippen LogP contribution in [-0.2, 0) is 19.1 Å². The van der Waals surface area contributed by atoms with Crippen molar-refractivity contribution < 1.29 is 19.1 Å². The van der Waals surface area contributed by atoms with E-state index in [0.29, 0.717) is 0 Å². The molecule has 6 heteroatoms. The van der Waals surface area contributed by atoms with Crippen LogP contribution in [0.15, 0.2) is 0 Å². The van der Waals surface area contributed by atoms with Gasteiger partial charge in [-0.3, -0.25) is 9.59 Å². The van der Waals surface area contributed by atoms with E-state index in [2.05, 4.69) is 23.7 Å². The predicted molar refractivity (Wildman–Crippen MR) is 36.7 cm³/mol. The molecule has 0 N–H and O–H groups in total. The molecule has 0 aliphatic carbocycles. The average molecular weight is 692 g/mol. The Kier molecular flexibility index (Phi) is 8.95. The molecule has 0 spiro atoms. The Bertz CT molecular complexity index is 161. The van der Waals surface area contributed by atoms with Gasteiger partial charge in [0.15, 0.2) is 0 Å². The van der Waals surface area contributed by atoms with Gasteiger partial charge in [0.05, 0.1) is 12.3 Å². The maximum absolute atomic E-state index is 10.7. The Hall–Kier alpha value is -3.06. The van der Waals surface area contributed by atoms with Gasteiger partial charge in [-0.1, -0.05) is 6.92 Å². The summed E-state index contributed by atoms with van der Waals surface area (Å²) >= 11 is 0. The molecular formula is C7H10O4Rf2-2. The van der Waals surface area contributed by atoms with Crippen molar-refractivity contribution in [2.75, 3.05) is 0 Å². The molecule has 1 unspecified atom stereocenters. The van der Waals surface area contributed by atoms with Crippen LogP contribution < -0.4 is 0 Å². The Balaban J connectivity index is -0.000000500. The van der Waals surface area contributed by atoms with E-state index in [9.17, 15) is 9.59 Å². The van der Waals surface area contributed by atoms with E-state index in [4.69, 9.17) is 0 Å². The number of rotatable bonds is 3. The number of carbonyl (C=O) groups is 2. The Morgan fingerprint density at radius 1 is 1.23 bits per heavy atom. The van der Waals surface area contributed by atoms with Gasteiger partial charge >= 0.3 is 0 Å². The second-order valence-corrected chi connectivity index (χ2v) is 2.08. The van der Waals surface area contributed by atoms with Gasteiger partial charge in [-0.25, -0.2) is 0 Å². The maximum atomic E-state index is 10.7. The van der Waals surface area contributed by atoms with Crippen LogP contribution in [0.2, 0.25) is 0 Å². The number of ether oxygens (including phenoxy) is 2. The van der Waals surface area contributed by atoms with E-state index in [1.807, 2.05) is 0 Å². The zero-order valence-electron chi connectivity index (χ0n) is 7.75. The zero-order chi connectivity index (χ0) is 8.85. The molecule has 0 aromatic heterocycles. The van der Waals surface area contributed by atoms with Gasteiger partial charge in [0.25, 0.3) is 11.9 Å². The summed E-state index contributed by atoms with van der Waals surface area (Å²) in [4.78, 5) is 21.2. The molecule has 0 aromatic carbocycles. The number of hydrogen-bond donors (Lipinski definition) is 0. The summed E-state index contributed by atoms with van der Waals surface area (Å²) in [6, 6.07) is 0. The molecule has 1 atom stereocenters. The molecule has 0 rings (SSSR count). The second kappa shape index (κ2) is 7.05. The van der Waals surface area contributed by atoms with Crippen molar-refractivity contribution in [2.24, 2.45) is 5.92 Å². The van der Waals surface area contributed by atoms with E-state index in [1.165, 1.54) is 0 Å². The van der Waals surface area contributed by atoms with Crippen LogP contribution in [0.1, 0.15) is 13.3 Å². The summed E-state index contributed by atoms with van der Waals surface area (Å²) in [6.45, 7) is 1.55. The molecule has 0 amide bonds. The fourth-order valence-corrected chi connectivity index (χ4v) is 0.535. The first kappa shape index (κ1) is 16.5. The molecule has 0 aliphatic heterocycles. The minimum Gasteiger partial charge on any atom is -0.640 e. The van der Waals surface area contributed by atoms with Crippen molar-refractivity contribution in [3.63, 3.8) is 0 Å². The molecule has 0 fully saturated rings. The number of carbonyl (C=O) groups excluding carboxylic acids is 2. The smallest absolute Gasteiger partial charge is 0.277 e. The van der Waals surface area contributed by atoms with Gasteiger partial charge < -0.3 is 9.47 Å². The molecule has 13 heavy (non-hydrogen) atoms. The quantitative estimate of drug-likeness (QED) is 0.323. The minimum absolute atomic E-state index is 0. The molecular weight excluding hydrogens is 682 g/mol. The van der Waals surface area contributed by atoms with E-state index in [0.717, 1.165) is 0 Å². The molecule has 0 radical (unpaired) electrons.